The maximum atomic E-state index is 11.9. The van der Waals surface area contributed by atoms with Crippen LogP contribution in [0.3, 0.4) is 0 Å². The Morgan fingerprint density at radius 2 is 2.21 bits per heavy atom. The van der Waals surface area contributed by atoms with Gasteiger partial charge in [-0.3, -0.25) is 9.69 Å². The molecule has 2 aliphatic rings. The number of nitrogens with one attached hydrogen (secondary N) is 1. The topological polar surface area (TPSA) is 41.6 Å². The summed E-state index contributed by atoms with van der Waals surface area (Å²) in [5.74, 6) is 0.142. The molecule has 1 aromatic heterocycles. The van der Waals surface area contributed by atoms with Crippen molar-refractivity contribution in [1.82, 2.24) is 10.2 Å². The van der Waals surface area contributed by atoms with E-state index in [-0.39, 0.29) is 17.9 Å². The van der Waals surface area contributed by atoms with Crippen LogP contribution in [0.1, 0.15) is 16.7 Å². The summed E-state index contributed by atoms with van der Waals surface area (Å²) in [5, 5.41) is 3.07. The lowest BCUT2D eigenvalue weighted by Gasteiger charge is -2.26. The summed E-state index contributed by atoms with van der Waals surface area (Å²) in [5.41, 5.74) is 0. The van der Waals surface area contributed by atoms with Crippen LogP contribution in [0.4, 0.5) is 0 Å². The number of carbonyl (C=O) groups excluding carboxylic acids is 1. The van der Waals surface area contributed by atoms with Crippen LogP contribution in [0.2, 0.25) is 0 Å². The molecule has 0 radical (unpaired) electrons. The molecule has 1 amide bonds. The van der Waals surface area contributed by atoms with Gasteiger partial charge in [0.05, 0.1) is 25.2 Å². The summed E-state index contributed by atoms with van der Waals surface area (Å²) in [7, 11) is 0. The minimum Gasteiger partial charge on any atom is -0.378 e. The maximum absolute atomic E-state index is 11.9. The highest BCUT2D eigenvalue weighted by Crippen LogP contribution is 2.21. The summed E-state index contributed by atoms with van der Waals surface area (Å²) in [6.45, 7) is 6.04. The smallest absolute Gasteiger partial charge is 0.227 e. The molecule has 2 fully saturated rings. The van der Waals surface area contributed by atoms with Gasteiger partial charge in [0, 0.05) is 29.4 Å². The average molecular weight is 280 g/mol. The van der Waals surface area contributed by atoms with Crippen molar-refractivity contribution in [3.63, 3.8) is 0 Å². The number of carbonyl (C=O) groups is 1. The molecule has 0 spiro atoms. The lowest BCUT2D eigenvalue weighted by Crippen LogP contribution is -2.41. The van der Waals surface area contributed by atoms with Crippen LogP contribution in [0.25, 0.3) is 0 Å². The van der Waals surface area contributed by atoms with Gasteiger partial charge in [-0.2, -0.15) is 0 Å². The molecule has 19 heavy (non-hydrogen) atoms. The molecular weight excluding hydrogens is 260 g/mol. The second-order valence-corrected chi connectivity index (χ2v) is 6.61. The van der Waals surface area contributed by atoms with Gasteiger partial charge in [-0.15, -0.1) is 11.3 Å². The van der Waals surface area contributed by atoms with Gasteiger partial charge in [-0.25, -0.2) is 0 Å². The van der Waals surface area contributed by atoms with Gasteiger partial charge >= 0.3 is 0 Å². The predicted molar refractivity (Wildman–Crippen MR) is 75.2 cm³/mol. The van der Waals surface area contributed by atoms with E-state index < -0.39 is 0 Å². The number of amides is 1. The second-order valence-electron chi connectivity index (χ2n) is 5.36. The Hall–Kier alpha value is -0.910. The van der Waals surface area contributed by atoms with E-state index >= 15 is 0 Å². The first-order chi connectivity index (χ1) is 9.24. The molecule has 2 aliphatic heterocycles. The van der Waals surface area contributed by atoms with Crippen LogP contribution in [-0.2, 0) is 22.5 Å². The Bertz CT molecular complexity index is 460. The molecule has 3 rings (SSSR count). The monoisotopic (exact) mass is 280 g/mol. The van der Waals surface area contributed by atoms with E-state index in [1.807, 2.05) is 11.3 Å². The number of nitrogens with zero attached hydrogens (tertiary/aromatic N) is 1. The molecule has 0 aromatic carbocycles. The quantitative estimate of drug-likeness (QED) is 0.906. The van der Waals surface area contributed by atoms with E-state index in [1.54, 1.807) is 0 Å². The van der Waals surface area contributed by atoms with E-state index in [1.165, 1.54) is 9.75 Å². The molecule has 0 saturated carbocycles. The largest absolute Gasteiger partial charge is 0.378 e. The van der Waals surface area contributed by atoms with Crippen molar-refractivity contribution in [2.75, 3.05) is 26.3 Å². The van der Waals surface area contributed by atoms with E-state index in [2.05, 4.69) is 29.3 Å². The molecule has 0 unspecified atom stereocenters. The first-order valence-electron chi connectivity index (χ1n) is 6.92. The summed E-state index contributed by atoms with van der Waals surface area (Å²) >= 11 is 1.88. The van der Waals surface area contributed by atoms with E-state index in [0.717, 1.165) is 26.1 Å². The number of hydrogen-bond donors (Lipinski definition) is 1. The minimum absolute atomic E-state index is 0.0156. The zero-order valence-corrected chi connectivity index (χ0v) is 12.0. The molecule has 2 saturated heterocycles. The third-order valence-corrected chi connectivity index (χ3v) is 4.97. The van der Waals surface area contributed by atoms with Crippen LogP contribution in [0.5, 0.6) is 0 Å². The number of aryl methyl sites for hydroxylation is 1. The van der Waals surface area contributed by atoms with Crippen molar-refractivity contribution in [3.8, 4) is 0 Å². The number of hydrogen-bond acceptors (Lipinski definition) is 4. The summed E-state index contributed by atoms with van der Waals surface area (Å²) < 4.78 is 5.54. The average Bonchev–Trinajstić information content (AvgIpc) is 2.68. The Balaban J connectivity index is 1.69. The van der Waals surface area contributed by atoms with Crippen molar-refractivity contribution >= 4 is 17.2 Å². The van der Waals surface area contributed by atoms with Crippen molar-refractivity contribution in [2.45, 2.75) is 25.9 Å². The van der Waals surface area contributed by atoms with Crippen LogP contribution in [0.15, 0.2) is 12.1 Å². The first kappa shape index (κ1) is 13.1. The Morgan fingerprint density at radius 1 is 1.37 bits per heavy atom. The fourth-order valence-electron chi connectivity index (χ4n) is 2.77. The number of ether oxygens (including phenoxy) is 1. The molecule has 104 valence electrons. The normalized spacial score (nSPS) is 27.9. The highest BCUT2D eigenvalue weighted by molar-refractivity contribution is 7.11. The molecular formula is C14H20N2O2S. The van der Waals surface area contributed by atoms with Gasteiger partial charge in [-0.05, 0) is 18.6 Å². The molecule has 4 nitrogen and oxygen atoms in total. The van der Waals surface area contributed by atoms with Crippen LogP contribution < -0.4 is 5.32 Å². The molecule has 3 heterocycles. The van der Waals surface area contributed by atoms with Crippen LogP contribution in [0, 0.1) is 5.92 Å². The standard InChI is InChI=1S/C14H20N2O2S/c1-2-12-3-4-13(19-12)7-16-5-10-8-18-9-11(6-16)15-14(10)17/h3-4,10-11H,2,5-9H2,1H3,(H,15,17)/t10-,11+/m1/s1. The van der Waals surface area contributed by atoms with Crippen molar-refractivity contribution in [2.24, 2.45) is 5.92 Å². The van der Waals surface area contributed by atoms with Gasteiger partial charge < -0.3 is 10.1 Å². The highest BCUT2D eigenvalue weighted by atomic mass is 32.1. The number of fused-ring (bicyclic) bond motifs is 3. The third-order valence-electron chi connectivity index (χ3n) is 3.76. The fraction of sp³-hybridized carbons (Fsp3) is 0.643. The molecule has 0 aliphatic carbocycles. The molecule has 5 heteroatoms. The first-order valence-corrected chi connectivity index (χ1v) is 7.74. The third kappa shape index (κ3) is 2.99. The van der Waals surface area contributed by atoms with Gasteiger partial charge in [0.25, 0.3) is 0 Å². The SMILES string of the molecule is CCc1ccc(CN2C[C@H]3COC[C@@H](C2)C(=O)N3)s1. The summed E-state index contributed by atoms with van der Waals surface area (Å²) in [4.78, 5) is 17.1. The van der Waals surface area contributed by atoms with E-state index in [9.17, 15) is 4.79 Å². The fourth-order valence-corrected chi connectivity index (χ4v) is 3.77. The predicted octanol–water partition coefficient (Wildman–Crippen LogP) is 1.26. The Morgan fingerprint density at radius 3 is 3.00 bits per heavy atom. The van der Waals surface area contributed by atoms with Crippen LogP contribution in [-0.4, -0.2) is 43.2 Å². The lowest BCUT2D eigenvalue weighted by atomic mass is 10.1. The van der Waals surface area contributed by atoms with E-state index in [4.69, 9.17) is 4.74 Å². The van der Waals surface area contributed by atoms with E-state index in [0.29, 0.717) is 13.2 Å². The zero-order chi connectivity index (χ0) is 13.2. The number of rotatable bonds is 3. The van der Waals surface area contributed by atoms with Gasteiger partial charge in [0.1, 0.15) is 0 Å². The molecule has 2 bridgehead atoms. The summed E-state index contributed by atoms with van der Waals surface area (Å²) in [6.07, 6.45) is 1.10. The van der Waals surface area contributed by atoms with Crippen LogP contribution >= 0.6 is 11.3 Å². The number of thiophene rings is 1. The summed E-state index contributed by atoms with van der Waals surface area (Å²) in [6, 6.07) is 4.58. The van der Waals surface area contributed by atoms with Crippen molar-refractivity contribution in [3.05, 3.63) is 21.9 Å². The Labute approximate surface area is 117 Å². The molecule has 2 atom stereocenters. The molecule has 1 aromatic rings. The van der Waals surface area contributed by atoms with Gasteiger partial charge in [0.15, 0.2) is 0 Å². The minimum atomic E-state index is -0.0156. The molecule has 1 N–H and O–H groups in total. The van der Waals surface area contributed by atoms with Crippen molar-refractivity contribution < 1.29 is 9.53 Å². The maximum Gasteiger partial charge on any atom is 0.227 e. The van der Waals surface area contributed by atoms with Gasteiger partial charge in [-0.1, -0.05) is 6.92 Å². The Kier molecular flexibility index (Phi) is 3.86. The van der Waals surface area contributed by atoms with Crippen molar-refractivity contribution in [1.29, 1.82) is 0 Å². The lowest BCUT2D eigenvalue weighted by molar-refractivity contribution is -0.125. The highest BCUT2D eigenvalue weighted by Gasteiger charge is 2.33. The van der Waals surface area contributed by atoms with Gasteiger partial charge in [0.2, 0.25) is 5.91 Å². The zero-order valence-electron chi connectivity index (χ0n) is 11.2. The second kappa shape index (κ2) is 5.61.